The summed E-state index contributed by atoms with van der Waals surface area (Å²) in [5, 5.41) is 3.46. The van der Waals surface area contributed by atoms with Gasteiger partial charge in [-0.3, -0.25) is 0 Å². The van der Waals surface area contributed by atoms with Gasteiger partial charge in [0.05, 0.1) is 33.0 Å². The van der Waals surface area contributed by atoms with Gasteiger partial charge in [-0.1, -0.05) is 13.0 Å². The molecular formula is C15H23NO4. The van der Waals surface area contributed by atoms with Crippen LogP contribution in [0.1, 0.15) is 24.9 Å². The second-order valence-electron chi connectivity index (χ2n) is 4.59. The Hall–Kier alpha value is -1.30. The molecule has 1 N–H and O–H groups in total. The van der Waals surface area contributed by atoms with Crippen LogP contribution in [0.25, 0.3) is 0 Å². The smallest absolute Gasteiger partial charge is 0.159 e. The molecule has 2 rings (SSSR count). The lowest BCUT2D eigenvalue weighted by Gasteiger charge is -2.24. The van der Waals surface area contributed by atoms with E-state index in [1.807, 2.05) is 18.2 Å². The molecular weight excluding hydrogens is 258 g/mol. The number of benzene rings is 1. The number of ether oxygens (including phenoxy) is 4. The van der Waals surface area contributed by atoms with Crippen molar-refractivity contribution in [2.45, 2.75) is 25.7 Å². The fourth-order valence-electron chi connectivity index (χ4n) is 2.51. The molecule has 112 valence electrons. The molecule has 1 unspecified atom stereocenters. The monoisotopic (exact) mass is 281 g/mol. The average Bonchev–Trinajstić information content (AvgIpc) is 2.99. The first-order valence-electron chi connectivity index (χ1n) is 6.97. The number of hydrogen-bond donors (Lipinski definition) is 1. The first kappa shape index (κ1) is 15.1. The zero-order chi connectivity index (χ0) is 14.4. The predicted molar refractivity (Wildman–Crippen MR) is 76.3 cm³/mol. The van der Waals surface area contributed by atoms with Crippen LogP contribution >= 0.6 is 0 Å². The van der Waals surface area contributed by atoms with Gasteiger partial charge in [-0.05, 0) is 18.7 Å². The maximum atomic E-state index is 5.55. The normalized spacial score (nSPS) is 17.1. The van der Waals surface area contributed by atoms with Gasteiger partial charge in [0.2, 0.25) is 0 Å². The Morgan fingerprint density at radius 1 is 1.20 bits per heavy atom. The lowest BCUT2D eigenvalue weighted by Crippen LogP contribution is -2.26. The Kier molecular flexibility index (Phi) is 5.64. The van der Waals surface area contributed by atoms with Gasteiger partial charge in [-0.25, -0.2) is 0 Å². The minimum atomic E-state index is -0.173. The minimum absolute atomic E-state index is 0.0641. The first-order valence-corrected chi connectivity index (χ1v) is 6.97. The Morgan fingerprint density at radius 3 is 2.30 bits per heavy atom. The average molecular weight is 281 g/mol. The van der Waals surface area contributed by atoms with E-state index in [0.29, 0.717) is 13.2 Å². The highest BCUT2D eigenvalue weighted by molar-refractivity contribution is 5.47. The van der Waals surface area contributed by atoms with Gasteiger partial charge >= 0.3 is 0 Å². The lowest BCUT2D eigenvalue weighted by atomic mass is 10.0. The molecule has 1 aromatic carbocycles. The molecule has 0 bridgehead atoms. The van der Waals surface area contributed by atoms with Crippen LogP contribution in [0.3, 0.4) is 0 Å². The molecule has 5 nitrogen and oxygen atoms in total. The molecule has 0 aromatic heterocycles. The van der Waals surface area contributed by atoms with Crippen molar-refractivity contribution in [1.29, 1.82) is 0 Å². The molecule has 0 amide bonds. The van der Waals surface area contributed by atoms with E-state index in [2.05, 4.69) is 12.2 Å². The van der Waals surface area contributed by atoms with E-state index >= 15 is 0 Å². The number of nitrogens with one attached hydrogen (secondary N) is 1. The zero-order valence-electron chi connectivity index (χ0n) is 12.3. The molecule has 0 spiro atoms. The van der Waals surface area contributed by atoms with Crippen molar-refractivity contribution in [3.63, 3.8) is 0 Å². The van der Waals surface area contributed by atoms with Crippen LogP contribution < -0.4 is 14.8 Å². The number of rotatable bonds is 7. The molecule has 0 aliphatic carbocycles. The van der Waals surface area contributed by atoms with Crippen LogP contribution in [0.15, 0.2) is 18.2 Å². The summed E-state index contributed by atoms with van der Waals surface area (Å²) >= 11 is 0. The van der Waals surface area contributed by atoms with Gasteiger partial charge in [-0.15, -0.1) is 0 Å². The van der Waals surface area contributed by atoms with Crippen molar-refractivity contribution >= 4 is 0 Å². The van der Waals surface area contributed by atoms with Gasteiger partial charge in [-0.2, -0.15) is 0 Å². The molecule has 5 heteroatoms. The third kappa shape index (κ3) is 3.42. The molecule has 1 aromatic rings. The molecule has 1 atom stereocenters. The van der Waals surface area contributed by atoms with E-state index in [1.165, 1.54) is 0 Å². The summed E-state index contributed by atoms with van der Waals surface area (Å²) in [7, 11) is 3.34. The molecule has 1 saturated heterocycles. The van der Waals surface area contributed by atoms with Crippen LogP contribution in [0.2, 0.25) is 0 Å². The molecule has 1 aliphatic rings. The van der Waals surface area contributed by atoms with E-state index < -0.39 is 0 Å². The maximum Gasteiger partial charge on any atom is 0.159 e. The lowest BCUT2D eigenvalue weighted by molar-refractivity contribution is -0.0531. The zero-order valence-corrected chi connectivity index (χ0v) is 12.3. The topological polar surface area (TPSA) is 49.0 Å². The third-order valence-electron chi connectivity index (χ3n) is 3.38. The highest BCUT2D eigenvalue weighted by Gasteiger charge is 2.26. The summed E-state index contributed by atoms with van der Waals surface area (Å²) in [5.74, 6) is 1.63. The first-order chi connectivity index (χ1) is 9.80. The van der Waals surface area contributed by atoms with Gasteiger partial charge < -0.3 is 24.3 Å². The summed E-state index contributed by atoms with van der Waals surface area (Å²) in [6.45, 7) is 4.24. The quantitative estimate of drug-likeness (QED) is 0.829. The summed E-state index contributed by atoms with van der Waals surface area (Å²) in [4.78, 5) is 0. The Bertz CT molecular complexity index is 396. The highest BCUT2D eigenvalue weighted by Crippen LogP contribution is 2.36. The van der Waals surface area contributed by atoms with E-state index in [-0.39, 0.29) is 12.3 Å². The van der Waals surface area contributed by atoms with Gasteiger partial charge in [0, 0.05) is 12.5 Å². The second kappa shape index (κ2) is 7.47. The Labute approximate surface area is 120 Å². The van der Waals surface area contributed by atoms with Gasteiger partial charge in [0.15, 0.2) is 6.29 Å². The summed E-state index contributed by atoms with van der Waals surface area (Å²) in [6.07, 6.45) is 0.554. The van der Waals surface area contributed by atoms with Crippen molar-refractivity contribution < 1.29 is 18.9 Å². The van der Waals surface area contributed by atoms with Crippen molar-refractivity contribution in [2.24, 2.45) is 0 Å². The summed E-state index contributed by atoms with van der Waals surface area (Å²) < 4.78 is 22.1. The summed E-state index contributed by atoms with van der Waals surface area (Å²) in [6, 6.07) is 5.87. The van der Waals surface area contributed by atoms with Crippen molar-refractivity contribution in [1.82, 2.24) is 5.32 Å². The van der Waals surface area contributed by atoms with Gasteiger partial charge in [0.1, 0.15) is 11.5 Å². The van der Waals surface area contributed by atoms with Crippen LogP contribution in [0, 0.1) is 0 Å². The van der Waals surface area contributed by atoms with Crippen LogP contribution in [-0.4, -0.2) is 40.3 Å². The molecule has 1 aliphatic heterocycles. The SMILES string of the molecule is CCNC(CC1OCCO1)c1c(OC)cccc1OC. The van der Waals surface area contributed by atoms with Gasteiger partial charge in [0.25, 0.3) is 0 Å². The predicted octanol–water partition coefficient (Wildman–Crippen LogP) is 2.12. The van der Waals surface area contributed by atoms with Crippen molar-refractivity contribution in [3.8, 4) is 11.5 Å². The van der Waals surface area contributed by atoms with Crippen LogP contribution in [-0.2, 0) is 9.47 Å². The Balaban J connectivity index is 2.26. The number of hydrogen-bond acceptors (Lipinski definition) is 5. The molecule has 0 saturated carbocycles. The molecule has 1 heterocycles. The largest absolute Gasteiger partial charge is 0.496 e. The van der Waals surface area contributed by atoms with Crippen molar-refractivity contribution in [2.75, 3.05) is 34.0 Å². The van der Waals surface area contributed by atoms with Crippen LogP contribution in [0.4, 0.5) is 0 Å². The third-order valence-corrected chi connectivity index (χ3v) is 3.38. The standard InChI is InChI=1S/C15H23NO4/c1-4-16-11(10-14-19-8-9-20-14)15-12(17-2)6-5-7-13(15)18-3/h5-7,11,14,16H,4,8-10H2,1-3H3. The fraction of sp³-hybridized carbons (Fsp3) is 0.600. The van der Waals surface area contributed by atoms with Crippen molar-refractivity contribution in [3.05, 3.63) is 23.8 Å². The maximum absolute atomic E-state index is 5.55. The summed E-state index contributed by atoms with van der Waals surface area (Å²) in [5.41, 5.74) is 1.01. The minimum Gasteiger partial charge on any atom is -0.496 e. The fourth-order valence-corrected chi connectivity index (χ4v) is 2.51. The Morgan fingerprint density at radius 2 is 1.80 bits per heavy atom. The molecule has 20 heavy (non-hydrogen) atoms. The number of methoxy groups -OCH3 is 2. The highest BCUT2D eigenvalue weighted by atomic mass is 16.7. The molecule has 0 radical (unpaired) electrons. The molecule has 1 fully saturated rings. The van der Waals surface area contributed by atoms with Crippen LogP contribution in [0.5, 0.6) is 11.5 Å². The van der Waals surface area contributed by atoms with E-state index in [9.17, 15) is 0 Å². The van der Waals surface area contributed by atoms with E-state index in [1.54, 1.807) is 14.2 Å². The van der Waals surface area contributed by atoms with E-state index in [4.69, 9.17) is 18.9 Å². The second-order valence-corrected chi connectivity index (χ2v) is 4.59. The van der Waals surface area contributed by atoms with E-state index in [0.717, 1.165) is 30.0 Å².